The number of guanidine groups is 1. The van der Waals surface area contributed by atoms with E-state index in [1.807, 2.05) is 19.1 Å². The summed E-state index contributed by atoms with van der Waals surface area (Å²) in [6, 6.07) is 8.55. The first kappa shape index (κ1) is 22.6. The van der Waals surface area contributed by atoms with Gasteiger partial charge in [-0.05, 0) is 42.8 Å². The molecule has 0 atom stereocenters. The molecule has 7 nitrogen and oxygen atoms in total. The molecule has 166 valence electrons. The number of nitrogens with one attached hydrogen (secondary N) is 2. The molecule has 31 heavy (non-hydrogen) atoms. The molecule has 0 saturated carbocycles. The van der Waals surface area contributed by atoms with Gasteiger partial charge in [0.15, 0.2) is 11.6 Å². The van der Waals surface area contributed by atoms with Crippen molar-refractivity contribution in [1.29, 1.82) is 0 Å². The largest absolute Gasteiger partial charge is 0.495 e. The Balaban J connectivity index is 1.77. The Kier molecular flexibility index (Phi) is 7.91. The van der Waals surface area contributed by atoms with Gasteiger partial charge in [-0.1, -0.05) is 6.07 Å². The van der Waals surface area contributed by atoms with Crippen LogP contribution >= 0.6 is 0 Å². The zero-order chi connectivity index (χ0) is 22.2. The van der Waals surface area contributed by atoms with E-state index >= 15 is 0 Å². The predicted molar refractivity (Wildman–Crippen MR) is 115 cm³/mol. The summed E-state index contributed by atoms with van der Waals surface area (Å²) in [4.78, 5) is 19.3. The number of hydrogen-bond acceptors (Lipinski definition) is 5. The quantitative estimate of drug-likeness (QED) is 0.542. The number of benzene rings is 2. The highest BCUT2D eigenvalue weighted by Crippen LogP contribution is 2.25. The van der Waals surface area contributed by atoms with Crippen LogP contribution in [0.2, 0.25) is 0 Å². The van der Waals surface area contributed by atoms with Gasteiger partial charge in [-0.3, -0.25) is 20.0 Å². The lowest BCUT2D eigenvalue weighted by atomic mass is 10.2. The van der Waals surface area contributed by atoms with Crippen molar-refractivity contribution in [2.45, 2.75) is 6.92 Å². The maximum absolute atomic E-state index is 13.5. The van der Waals surface area contributed by atoms with Crippen LogP contribution in [0, 0.1) is 18.6 Å². The number of rotatable bonds is 6. The van der Waals surface area contributed by atoms with Crippen molar-refractivity contribution >= 4 is 17.6 Å². The lowest BCUT2D eigenvalue weighted by Crippen LogP contribution is -2.39. The lowest BCUT2D eigenvalue weighted by Gasteiger charge is -2.25. The van der Waals surface area contributed by atoms with Crippen LogP contribution in [0.3, 0.4) is 0 Å². The molecule has 0 aromatic heterocycles. The van der Waals surface area contributed by atoms with Crippen LogP contribution in [-0.4, -0.2) is 63.3 Å². The van der Waals surface area contributed by atoms with Gasteiger partial charge in [0.1, 0.15) is 5.75 Å². The van der Waals surface area contributed by atoms with Gasteiger partial charge >= 0.3 is 0 Å². The molecule has 1 aliphatic rings. The highest BCUT2D eigenvalue weighted by Gasteiger charge is 2.15. The first-order valence-electron chi connectivity index (χ1n) is 9.99. The standard InChI is InChI=1S/C22H26F2N4O3/c1-15-3-6-20(30-2)19(13-15)26-22(25-7-8-28-9-11-31-12-10-28)27-21(29)16-4-5-17(23)18(24)14-16/h3-6,13-14H,7-12H2,1-2H3,(H2,25,26,27,29). The van der Waals surface area contributed by atoms with E-state index in [0.29, 0.717) is 37.7 Å². The Morgan fingerprint density at radius 3 is 2.65 bits per heavy atom. The number of morpholine rings is 1. The molecule has 2 N–H and O–H groups in total. The average Bonchev–Trinajstić information content (AvgIpc) is 2.76. The Labute approximate surface area is 180 Å². The molecule has 1 amide bonds. The van der Waals surface area contributed by atoms with Crippen LogP contribution < -0.4 is 15.4 Å². The summed E-state index contributed by atoms with van der Waals surface area (Å²) in [5, 5.41) is 5.73. The molecule has 0 aliphatic carbocycles. The second-order valence-electron chi connectivity index (χ2n) is 7.10. The van der Waals surface area contributed by atoms with Gasteiger partial charge < -0.3 is 14.8 Å². The zero-order valence-corrected chi connectivity index (χ0v) is 17.6. The molecule has 2 aromatic carbocycles. The van der Waals surface area contributed by atoms with E-state index in [0.717, 1.165) is 30.8 Å². The van der Waals surface area contributed by atoms with E-state index in [1.165, 1.54) is 6.07 Å². The molecule has 0 spiro atoms. The highest BCUT2D eigenvalue weighted by atomic mass is 19.2. The zero-order valence-electron chi connectivity index (χ0n) is 17.6. The number of carbonyl (C=O) groups is 1. The Morgan fingerprint density at radius 1 is 1.16 bits per heavy atom. The third-order valence-electron chi connectivity index (χ3n) is 4.81. The molecular formula is C22H26F2N4O3. The minimum Gasteiger partial charge on any atom is -0.495 e. The number of aryl methyl sites for hydroxylation is 1. The minimum atomic E-state index is -1.09. The van der Waals surface area contributed by atoms with Crippen molar-refractivity contribution in [3.8, 4) is 5.75 Å². The van der Waals surface area contributed by atoms with Crippen LogP contribution in [-0.2, 0) is 4.74 Å². The maximum atomic E-state index is 13.5. The van der Waals surface area contributed by atoms with E-state index in [1.54, 1.807) is 13.2 Å². The summed E-state index contributed by atoms with van der Waals surface area (Å²) in [7, 11) is 1.55. The monoisotopic (exact) mass is 432 g/mol. The number of aliphatic imine (C=N–C) groups is 1. The minimum absolute atomic E-state index is 0.0159. The average molecular weight is 432 g/mol. The van der Waals surface area contributed by atoms with Gasteiger partial charge in [-0.25, -0.2) is 8.78 Å². The Hall–Kier alpha value is -3.04. The third kappa shape index (κ3) is 6.47. The van der Waals surface area contributed by atoms with Crippen molar-refractivity contribution in [3.63, 3.8) is 0 Å². The highest BCUT2D eigenvalue weighted by molar-refractivity contribution is 6.10. The summed E-state index contributed by atoms with van der Waals surface area (Å²) in [6.07, 6.45) is 0. The molecule has 0 radical (unpaired) electrons. The first-order chi connectivity index (χ1) is 15.0. The number of halogens is 2. The summed E-state index contributed by atoms with van der Waals surface area (Å²) < 4.78 is 37.5. The molecule has 1 saturated heterocycles. The predicted octanol–water partition coefficient (Wildman–Crippen LogP) is 2.81. The maximum Gasteiger partial charge on any atom is 0.258 e. The van der Waals surface area contributed by atoms with Crippen molar-refractivity contribution in [1.82, 2.24) is 10.2 Å². The van der Waals surface area contributed by atoms with Crippen LogP contribution in [0.15, 0.2) is 41.4 Å². The van der Waals surface area contributed by atoms with Crippen molar-refractivity contribution in [2.75, 3.05) is 51.8 Å². The van der Waals surface area contributed by atoms with Gasteiger partial charge in [0, 0.05) is 25.2 Å². The summed E-state index contributed by atoms with van der Waals surface area (Å²) >= 11 is 0. The Morgan fingerprint density at radius 2 is 1.94 bits per heavy atom. The van der Waals surface area contributed by atoms with Crippen molar-refractivity contribution < 1.29 is 23.0 Å². The molecule has 1 heterocycles. The number of ether oxygens (including phenoxy) is 2. The summed E-state index contributed by atoms with van der Waals surface area (Å²) in [6.45, 7) is 6.07. The van der Waals surface area contributed by atoms with Gasteiger partial charge in [0.05, 0.1) is 32.6 Å². The number of anilines is 1. The van der Waals surface area contributed by atoms with Gasteiger partial charge in [-0.15, -0.1) is 0 Å². The van der Waals surface area contributed by atoms with Crippen LogP contribution in [0.1, 0.15) is 15.9 Å². The third-order valence-corrected chi connectivity index (χ3v) is 4.81. The lowest BCUT2D eigenvalue weighted by molar-refractivity contribution is 0.0394. The van der Waals surface area contributed by atoms with E-state index in [-0.39, 0.29) is 11.5 Å². The van der Waals surface area contributed by atoms with Gasteiger partial charge in [0.2, 0.25) is 5.96 Å². The number of nitrogens with zero attached hydrogens (tertiary/aromatic N) is 2. The summed E-state index contributed by atoms with van der Waals surface area (Å²) in [5.74, 6) is -1.95. The number of carbonyl (C=O) groups excluding carboxylic acids is 1. The molecule has 9 heteroatoms. The second kappa shape index (κ2) is 10.8. The fourth-order valence-electron chi connectivity index (χ4n) is 3.10. The second-order valence-corrected chi connectivity index (χ2v) is 7.10. The molecule has 0 bridgehead atoms. The van der Waals surface area contributed by atoms with E-state index < -0.39 is 17.5 Å². The fourth-order valence-corrected chi connectivity index (χ4v) is 3.10. The summed E-state index contributed by atoms with van der Waals surface area (Å²) in [5.41, 5.74) is 1.60. The molecule has 3 rings (SSSR count). The van der Waals surface area contributed by atoms with E-state index in [4.69, 9.17) is 9.47 Å². The molecule has 0 unspecified atom stereocenters. The molecular weight excluding hydrogens is 406 g/mol. The van der Waals surface area contributed by atoms with Crippen LogP contribution in [0.5, 0.6) is 5.75 Å². The molecule has 1 aliphatic heterocycles. The van der Waals surface area contributed by atoms with E-state index in [2.05, 4.69) is 20.5 Å². The topological polar surface area (TPSA) is 75.2 Å². The molecule has 2 aromatic rings. The van der Waals surface area contributed by atoms with Crippen LogP contribution in [0.25, 0.3) is 0 Å². The SMILES string of the molecule is COc1ccc(C)cc1NC(=NCCN1CCOCC1)NC(=O)c1ccc(F)c(F)c1. The number of amides is 1. The Bertz CT molecular complexity index is 946. The fraction of sp³-hybridized carbons (Fsp3) is 0.364. The van der Waals surface area contributed by atoms with E-state index in [9.17, 15) is 13.6 Å². The number of methoxy groups -OCH3 is 1. The normalized spacial score (nSPS) is 14.9. The van der Waals surface area contributed by atoms with Gasteiger partial charge in [-0.2, -0.15) is 0 Å². The van der Waals surface area contributed by atoms with Crippen molar-refractivity contribution in [2.24, 2.45) is 4.99 Å². The van der Waals surface area contributed by atoms with Gasteiger partial charge in [0.25, 0.3) is 5.91 Å². The van der Waals surface area contributed by atoms with Crippen LogP contribution in [0.4, 0.5) is 14.5 Å². The first-order valence-corrected chi connectivity index (χ1v) is 9.99. The smallest absolute Gasteiger partial charge is 0.258 e. The number of hydrogen-bond donors (Lipinski definition) is 2. The molecule has 1 fully saturated rings. The van der Waals surface area contributed by atoms with Crippen molar-refractivity contribution in [3.05, 3.63) is 59.2 Å².